The van der Waals surface area contributed by atoms with E-state index in [1.54, 1.807) is 0 Å². The molecule has 2 aliphatic rings. The number of hydrogen-bond acceptors (Lipinski definition) is 3. The Morgan fingerprint density at radius 1 is 1.33 bits per heavy atom. The molecule has 3 unspecified atom stereocenters. The lowest BCUT2D eigenvalue weighted by molar-refractivity contribution is 0.133. The molecule has 0 radical (unpaired) electrons. The molecule has 1 saturated heterocycles. The van der Waals surface area contributed by atoms with Gasteiger partial charge < -0.3 is 15.7 Å². The van der Waals surface area contributed by atoms with Crippen LogP contribution in [0.3, 0.4) is 0 Å². The molecule has 2 fully saturated rings. The van der Waals surface area contributed by atoms with Crippen molar-refractivity contribution >= 4 is 17.3 Å². The summed E-state index contributed by atoms with van der Waals surface area (Å²) in [6.45, 7) is 2.47. The average Bonchev–Trinajstić information content (AvgIpc) is 2.92. The lowest BCUT2D eigenvalue weighted by Crippen LogP contribution is -2.24. The van der Waals surface area contributed by atoms with Crippen molar-refractivity contribution in [2.45, 2.75) is 25.5 Å². The Kier molecular flexibility index (Phi) is 3.22. The number of anilines is 1. The summed E-state index contributed by atoms with van der Waals surface area (Å²) in [5.41, 5.74) is 7.75. The van der Waals surface area contributed by atoms with Gasteiger partial charge in [-0.05, 0) is 36.5 Å². The van der Waals surface area contributed by atoms with E-state index in [0.717, 1.165) is 42.2 Å². The van der Waals surface area contributed by atoms with Gasteiger partial charge in [0.15, 0.2) is 0 Å². The standard InChI is InChI=1S/C14H19ClN2O/c15-13-5-11(3-1-9(13)6-16)17-7-10-2-4-14(18)12(10)8-17/h1,3,5,10,12,14,18H,2,4,6-8,16H2. The first-order valence-corrected chi connectivity index (χ1v) is 6.98. The number of aliphatic hydroxyl groups is 1. The normalized spacial score (nSPS) is 30.8. The highest BCUT2D eigenvalue weighted by atomic mass is 35.5. The van der Waals surface area contributed by atoms with Crippen molar-refractivity contribution in [3.63, 3.8) is 0 Å². The Balaban J connectivity index is 1.79. The van der Waals surface area contributed by atoms with E-state index >= 15 is 0 Å². The van der Waals surface area contributed by atoms with Gasteiger partial charge in [0.1, 0.15) is 0 Å². The molecule has 0 aromatic heterocycles. The van der Waals surface area contributed by atoms with Crippen LogP contribution in [0.15, 0.2) is 18.2 Å². The number of hydrogen-bond donors (Lipinski definition) is 2. The smallest absolute Gasteiger partial charge is 0.0588 e. The molecule has 1 saturated carbocycles. The molecule has 3 atom stereocenters. The van der Waals surface area contributed by atoms with Crippen molar-refractivity contribution in [1.82, 2.24) is 0 Å². The summed E-state index contributed by atoms with van der Waals surface area (Å²) in [5, 5.41) is 10.7. The van der Waals surface area contributed by atoms with Crippen molar-refractivity contribution in [3.05, 3.63) is 28.8 Å². The van der Waals surface area contributed by atoms with E-state index < -0.39 is 0 Å². The fourth-order valence-corrected chi connectivity index (χ4v) is 3.60. The predicted molar refractivity (Wildman–Crippen MR) is 73.8 cm³/mol. The van der Waals surface area contributed by atoms with Crippen LogP contribution in [0.5, 0.6) is 0 Å². The van der Waals surface area contributed by atoms with Crippen LogP contribution in [0.2, 0.25) is 5.02 Å². The van der Waals surface area contributed by atoms with Crippen LogP contribution in [0.25, 0.3) is 0 Å². The zero-order valence-electron chi connectivity index (χ0n) is 10.3. The van der Waals surface area contributed by atoms with Crippen molar-refractivity contribution in [2.24, 2.45) is 17.6 Å². The maximum Gasteiger partial charge on any atom is 0.0588 e. The van der Waals surface area contributed by atoms with Gasteiger partial charge >= 0.3 is 0 Å². The molecule has 0 bridgehead atoms. The molecule has 98 valence electrons. The van der Waals surface area contributed by atoms with Gasteiger partial charge in [0, 0.05) is 36.3 Å². The van der Waals surface area contributed by atoms with Gasteiger partial charge in [0.2, 0.25) is 0 Å². The first kappa shape index (κ1) is 12.3. The molecular formula is C14H19ClN2O. The number of nitrogens with zero attached hydrogens (tertiary/aromatic N) is 1. The number of halogens is 1. The van der Waals surface area contributed by atoms with Crippen LogP contribution >= 0.6 is 11.6 Å². The van der Waals surface area contributed by atoms with Crippen molar-refractivity contribution in [1.29, 1.82) is 0 Å². The van der Waals surface area contributed by atoms with E-state index in [4.69, 9.17) is 17.3 Å². The number of benzene rings is 1. The first-order valence-electron chi connectivity index (χ1n) is 6.60. The number of nitrogens with two attached hydrogens (primary N) is 1. The predicted octanol–water partition coefficient (Wildman–Crippen LogP) is 2.01. The van der Waals surface area contributed by atoms with E-state index in [1.807, 2.05) is 12.1 Å². The van der Waals surface area contributed by atoms with Gasteiger partial charge in [-0.15, -0.1) is 0 Å². The minimum atomic E-state index is -0.112. The van der Waals surface area contributed by atoms with Crippen LogP contribution in [0.1, 0.15) is 18.4 Å². The SMILES string of the molecule is NCc1ccc(N2CC3CCC(O)C3C2)cc1Cl. The third-order valence-corrected chi connectivity index (χ3v) is 4.79. The fourth-order valence-electron chi connectivity index (χ4n) is 3.35. The lowest BCUT2D eigenvalue weighted by atomic mass is 10.00. The quantitative estimate of drug-likeness (QED) is 0.861. The second-order valence-electron chi connectivity index (χ2n) is 5.45. The number of rotatable bonds is 2. The topological polar surface area (TPSA) is 49.5 Å². The molecule has 4 heteroatoms. The minimum absolute atomic E-state index is 0.112. The second kappa shape index (κ2) is 4.72. The number of aliphatic hydroxyl groups excluding tert-OH is 1. The molecule has 3 N–H and O–H groups in total. The van der Waals surface area contributed by atoms with Crippen LogP contribution < -0.4 is 10.6 Å². The van der Waals surface area contributed by atoms with Gasteiger partial charge in [-0.2, -0.15) is 0 Å². The third kappa shape index (κ3) is 2.00. The van der Waals surface area contributed by atoms with E-state index in [1.165, 1.54) is 0 Å². The van der Waals surface area contributed by atoms with E-state index in [2.05, 4.69) is 11.0 Å². The highest BCUT2D eigenvalue weighted by Crippen LogP contribution is 2.40. The molecule has 0 amide bonds. The zero-order valence-corrected chi connectivity index (χ0v) is 11.1. The maximum atomic E-state index is 9.93. The fraction of sp³-hybridized carbons (Fsp3) is 0.571. The monoisotopic (exact) mass is 266 g/mol. The molecule has 18 heavy (non-hydrogen) atoms. The number of fused-ring (bicyclic) bond motifs is 1. The Hall–Kier alpha value is -0.770. The Morgan fingerprint density at radius 2 is 2.17 bits per heavy atom. The van der Waals surface area contributed by atoms with Crippen LogP contribution in [0.4, 0.5) is 5.69 Å². The van der Waals surface area contributed by atoms with E-state index in [9.17, 15) is 5.11 Å². The van der Waals surface area contributed by atoms with Gasteiger partial charge in [-0.3, -0.25) is 0 Å². The summed E-state index contributed by atoms with van der Waals surface area (Å²) in [6.07, 6.45) is 2.01. The zero-order chi connectivity index (χ0) is 12.7. The van der Waals surface area contributed by atoms with E-state index in [-0.39, 0.29) is 6.10 Å². The molecule has 1 aliphatic heterocycles. The molecule has 3 nitrogen and oxygen atoms in total. The van der Waals surface area contributed by atoms with Gasteiger partial charge in [0.25, 0.3) is 0 Å². The maximum absolute atomic E-state index is 9.93. The molecule has 1 aromatic rings. The second-order valence-corrected chi connectivity index (χ2v) is 5.86. The molecule has 0 spiro atoms. The average molecular weight is 267 g/mol. The molecule has 1 aliphatic carbocycles. The Bertz CT molecular complexity index is 451. The summed E-state index contributed by atoms with van der Waals surface area (Å²) in [7, 11) is 0. The Labute approximate surface area is 113 Å². The highest BCUT2D eigenvalue weighted by molar-refractivity contribution is 6.31. The molecule has 3 rings (SSSR count). The summed E-state index contributed by atoms with van der Waals surface area (Å²) in [5.74, 6) is 1.09. The summed E-state index contributed by atoms with van der Waals surface area (Å²) < 4.78 is 0. The van der Waals surface area contributed by atoms with E-state index in [0.29, 0.717) is 18.4 Å². The largest absolute Gasteiger partial charge is 0.393 e. The summed E-state index contributed by atoms with van der Waals surface area (Å²) in [6, 6.07) is 6.08. The first-order chi connectivity index (χ1) is 8.69. The van der Waals surface area contributed by atoms with Crippen LogP contribution in [0, 0.1) is 11.8 Å². The lowest BCUT2D eigenvalue weighted by Gasteiger charge is -2.21. The summed E-state index contributed by atoms with van der Waals surface area (Å²) >= 11 is 6.20. The Morgan fingerprint density at radius 3 is 2.83 bits per heavy atom. The molecule has 1 aromatic carbocycles. The van der Waals surface area contributed by atoms with Crippen LogP contribution in [-0.2, 0) is 6.54 Å². The van der Waals surface area contributed by atoms with Gasteiger partial charge in [-0.25, -0.2) is 0 Å². The van der Waals surface area contributed by atoms with Gasteiger partial charge in [-0.1, -0.05) is 17.7 Å². The van der Waals surface area contributed by atoms with Crippen molar-refractivity contribution in [2.75, 3.05) is 18.0 Å². The highest BCUT2D eigenvalue weighted by Gasteiger charge is 2.41. The molecule has 1 heterocycles. The minimum Gasteiger partial charge on any atom is -0.393 e. The van der Waals surface area contributed by atoms with Crippen LogP contribution in [-0.4, -0.2) is 24.3 Å². The van der Waals surface area contributed by atoms with Crippen molar-refractivity contribution in [3.8, 4) is 0 Å². The summed E-state index contributed by atoms with van der Waals surface area (Å²) in [4.78, 5) is 2.34. The third-order valence-electron chi connectivity index (χ3n) is 4.44. The van der Waals surface area contributed by atoms with Crippen molar-refractivity contribution < 1.29 is 5.11 Å². The van der Waals surface area contributed by atoms with Gasteiger partial charge in [0.05, 0.1) is 6.10 Å². The molecular weight excluding hydrogens is 248 g/mol.